The van der Waals surface area contributed by atoms with Crippen molar-refractivity contribution in [2.75, 3.05) is 25.1 Å². The van der Waals surface area contributed by atoms with Crippen molar-refractivity contribution in [2.45, 2.75) is 58.2 Å². The molecule has 0 saturated carbocycles. The third-order valence-electron chi connectivity index (χ3n) is 4.62. The molecule has 1 aromatic rings. The second kappa shape index (κ2) is 9.50. The lowest BCUT2D eigenvalue weighted by Gasteiger charge is -2.24. The molecule has 1 aromatic carbocycles. The smallest absolute Gasteiger partial charge is 0.408 e. The molecule has 8 nitrogen and oxygen atoms in total. The van der Waals surface area contributed by atoms with Crippen LogP contribution in [0, 0.1) is 11.3 Å². The predicted octanol–water partition coefficient (Wildman–Crippen LogP) is 2.57. The lowest BCUT2D eigenvalue weighted by Crippen LogP contribution is -2.50. The van der Waals surface area contributed by atoms with E-state index in [1.165, 1.54) is 0 Å². The normalized spacial score (nSPS) is 17.2. The van der Waals surface area contributed by atoms with Gasteiger partial charge in [0.1, 0.15) is 23.5 Å². The maximum absolute atomic E-state index is 12.6. The van der Waals surface area contributed by atoms with Crippen LogP contribution in [0.25, 0.3) is 0 Å². The van der Waals surface area contributed by atoms with Gasteiger partial charge in [-0.3, -0.25) is 4.79 Å². The van der Waals surface area contributed by atoms with Crippen LogP contribution in [0.4, 0.5) is 10.5 Å². The van der Waals surface area contributed by atoms with Gasteiger partial charge in [0.15, 0.2) is 0 Å². The number of hydrogen-bond donors (Lipinski definition) is 2. The maximum atomic E-state index is 12.6. The van der Waals surface area contributed by atoms with Crippen molar-refractivity contribution in [1.29, 1.82) is 5.26 Å². The van der Waals surface area contributed by atoms with Gasteiger partial charge in [0, 0.05) is 19.1 Å². The van der Waals surface area contributed by atoms with Crippen LogP contribution in [0.3, 0.4) is 0 Å². The highest BCUT2D eigenvalue weighted by Gasteiger charge is 2.29. The summed E-state index contributed by atoms with van der Waals surface area (Å²) in [6.45, 7) is 8.47. The van der Waals surface area contributed by atoms with Crippen LogP contribution in [-0.4, -0.2) is 49.9 Å². The van der Waals surface area contributed by atoms with Gasteiger partial charge in [-0.2, -0.15) is 5.26 Å². The lowest BCUT2D eigenvalue weighted by molar-refractivity contribution is -0.123. The number of anilines is 1. The van der Waals surface area contributed by atoms with Crippen LogP contribution < -0.4 is 20.3 Å². The molecule has 1 saturated heterocycles. The second-order valence-electron chi connectivity index (χ2n) is 8.04. The summed E-state index contributed by atoms with van der Waals surface area (Å²) in [5.41, 5.74) is 0.736. The number of carbonyl (C=O) groups is 2. The first-order chi connectivity index (χ1) is 13.7. The van der Waals surface area contributed by atoms with Crippen molar-refractivity contribution in [2.24, 2.45) is 0 Å². The zero-order valence-electron chi connectivity index (χ0n) is 17.7. The van der Waals surface area contributed by atoms with Crippen LogP contribution in [0.5, 0.6) is 5.75 Å². The van der Waals surface area contributed by atoms with Gasteiger partial charge in [-0.05, 0) is 51.8 Å². The Bertz CT molecular complexity index is 782. The third kappa shape index (κ3) is 6.28. The molecule has 0 bridgehead atoms. The van der Waals surface area contributed by atoms with Gasteiger partial charge < -0.3 is 25.0 Å². The molecule has 29 heavy (non-hydrogen) atoms. The topological polar surface area (TPSA) is 104 Å². The highest BCUT2D eigenvalue weighted by Crippen LogP contribution is 2.27. The molecule has 158 valence electrons. The van der Waals surface area contributed by atoms with Crippen LogP contribution in [0.15, 0.2) is 18.2 Å². The number of nitriles is 1. The van der Waals surface area contributed by atoms with Crippen LogP contribution in [0.1, 0.15) is 46.1 Å². The van der Waals surface area contributed by atoms with E-state index in [0.717, 1.165) is 18.7 Å². The number of methoxy groups -OCH3 is 1. The van der Waals surface area contributed by atoms with Crippen LogP contribution in [0.2, 0.25) is 0 Å². The minimum Gasteiger partial charge on any atom is -0.497 e. The van der Waals surface area contributed by atoms with Crippen LogP contribution in [-0.2, 0) is 9.53 Å². The van der Waals surface area contributed by atoms with Crippen molar-refractivity contribution < 1.29 is 19.1 Å². The fourth-order valence-electron chi connectivity index (χ4n) is 3.21. The SMILES string of the molecule is CC[C@H](NC(=O)OC(C)(C)C)C(=O)N[C@H]1CCN(c2ccc(OC)cc2C#N)C1. The van der Waals surface area contributed by atoms with E-state index in [4.69, 9.17) is 9.47 Å². The largest absolute Gasteiger partial charge is 0.497 e. The molecule has 1 aliphatic heterocycles. The summed E-state index contributed by atoms with van der Waals surface area (Å²) in [5, 5.41) is 15.1. The standard InChI is InChI=1S/C21H30N4O4/c1-6-17(24-20(27)29-21(2,3)4)19(26)23-15-9-10-25(13-15)18-8-7-16(28-5)11-14(18)12-22/h7-8,11,15,17H,6,9-10,13H2,1-5H3,(H,23,26)(H,24,27)/t15-,17-/m0/s1. The zero-order chi connectivity index (χ0) is 21.6. The molecule has 1 aliphatic rings. The molecule has 0 spiro atoms. The number of nitrogens with zero attached hydrogens (tertiary/aromatic N) is 2. The first-order valence-corrected chi connectivity index (χ1v) is 9.79. The highest BCUT2D eigenvalue weighted by molar-refractivity contribution is 5.86. The summed E-state index contributed by atoms with van der Waals surface area (Å²) in [6.07, 6.45) is 0.605. The minimum absolute atomic E-state index is 0.0642. The Morgan fingerprint density at radius 3 is 2.69 bits per heavy atom. The van der Waals surface area contributed by atoms with Crippen molar-refractivity contribution in [3.8, 4) is 11.8 Å². The number of ether oxygens (including phenoxy) is 2. The number of nitrogens with one attached hydrogen (secondary N) is 2. The third-order valence-corrected chi connectivity index (χ3v) is 4.62. The second-order valence-corrected chi connectivity index (χ2v) is 8.04. The first kappa shape index (κ1) is 22.3. The summed E-state index contributed by atoms with van der Waals surface area (Å²) >= 11 is 0. The Morgan fingerprint density at radius 2 is 2.10 bits per heavy atom. The molecule has 0 aliphatic carbocycles. The Balaban J connectivity index is 1.96. The molecule has 8 heteroatoms. The van der Waals surface area contributed by atoms with Crippen molar-refractivity contribution in [3.63, 3.8) is 0 Å². The fraction of sp³-hybridized carbons (Fsp3) is 0.571. The van der Waals surface area contributed by atoms with E-state index in [1.807, 2.05) is 19.1 Å². The van der Waals surface area contributed by atoms with Gasteiger partial charge >= 0.3 is 6.09 Å². The molecule has 2 N–H and O–H groups in total. The number of rotatable bonds is 6. The summed E-state index contributed by atoms with van der Waals surface area (Å²) in [5.74, 6) is 0.397. The highest BCUT2D eigenvalue weighted by atomic mass is 16.6. The van der Waals surface area contributed by atoms with Crippen molar-refractivity contribution in [3.05, 3.63) is 23.8 Å². The molecule has 2 rings (SSSR count). The number of carbonyl (C=O) groups excluding carboxylic acids is 2. The molecule has 0 radical (unpaired) electrons. The molecular weight excluding hydrogens is 372 g/mol. The number of alkyl carbamates (subject to hydrolysis) is 1. The molecule has 2 amide bonds. The number of hydrogen-bond acceptors (Lipinski definition) is 6. The molecule has 1 heterocycles. The fourth-order valence-corrected chi connectivity index (χ4v) is 3.21. The summed E-state index contributed by atoms with van der Waals surface area (Å²) < 4.78 is 10.4. The summed E-state index contributed by atoms with van der Waals surface area (Å²) in [4.78, 5) is 26.7. The Kier molecular flexibility index (Phi) is 7.32. The van der Waals surface area contributed by atoms with E-state index in [-0.39, 0.29) is 11.9 Å². The van der Waals surface area contributed by atoms with Gasteiger partial charge in [-0.15, -0.1) is 0 Å². The quantitative estimate of drug-likeness (QED) is 0.758. The minimum atomic E-state index is -0.658. The van der Waals surface area contributed by atoms with E-state index in [9.17, 15) is 14.9 Å². The van der Waals surface area contributed by atoms with E-state index in [1.54, 1.807) is 33.9 Å². The molecule has 1 fully saturated rings. The zero-order valence-corrected chi connectivity index (χ0v) is 17.7. The molecule has 0 aromatic heterocycles. The molecule has 2 atom stereocenters. The Hall–Kier alpha value is -2.95. The van der Waals surface area contributed by atoms with E-state index < -0.39 is 17.7 Å². The monoisotopic (exact) mass is 402 g/mol. The van der Waals surface area contributed by atoms with Gasteiger partial charge in [-0.25, -0.2) is 4.79 Å². The summed E-state index contributed by atoms with van der Waals surface area (Å²) in [7, 11) is 1.56. The molecule has 0 unspecified atom stereocenters. The lowest BCUT2D eigenvalue weighted by atomic mass is 10.1. The Labute approximate surface area is 172 Å². The van der Waals surface area contributed by atoms with Gasteiger partial charge in [0.05, 0.1) is 18.4 Å². The van der Waals surface area contributed by atoms with Crippen molar-refractivity contribution in [1.82, 2.24) is 10.6 Å². The first-order valence-electron chi connectivity index (χ1n) is 9.79. The van der Waals surface area contributed by atoms with Crippen LogP contribution >= 0.6 is 0 Å². The number of amides is 2. The summed E-state index contributed by atoms with van der Waals surface area (Å²) in [6, 6.07) is 6.87. The number of benzene rings is 1. The van der Waals surface area contributed by atoms with E-state index in [0.29, 0.717) is 24.3 Å². The maximum Gasteiger partial charge on any atom is 0.408 e. The predicted molar refractivity (Wildman–Crippen MR) is 110 cm³/mol. The average Bonchev–Trinajstić information content (AvgIpc) is 3.12. The van der Waals surface area contributed by atoms with E-state index in [2.05, 4.69) is 21.6 Å². The van der Waals surface area contributed by atoms with E-state index >= 15 is 0 Å². The molecular formula is C21H30N4O4. The van der Waals surface area contributed by atoms with Crippen molar-refractivity contribution >= 4 is 17.7 Å². The van der Waals surface area contributed by atoms with Gasteiger partial charge in [-0.1, -0.05) is 6.92 Å². The van der Waals surface area contributed by atoms with Gasteiger partial charge in [0.25, 0.3) is 0 Å². The van der Waals surface area contributed by atoms with Gasteiger partial charge in [0.2, 0.25) is 5.91 Å². The Morgan fingerprint density at radius 1 is 1.38 bits per heavy atom. The average molecular weight is 402 g/mol.